The van der Waals surface area contributed by atoms with Crippen molar-refractivity contribution in [2.24, 2.45) is 0 Å². The number of esters is 1. The van der Waals surface area contributed by atoms with Gasteiger partial charge in [0, 0.05) is 16.8 Å². The molecular weight excluding hydrogens is 512 g/mol. The van der Waals surface area contributed by atoms with Crippen molar-refractivity contribution in [2.75, 3.05) is 6.61 Å². The first-order valence-corrected chi connectivity index (χ1v) is 12.9. The molecule has 200 valence electrons. The molecule has 4 rings (SSSR count). The smallest absolute Gasteiger partial charge is 0.487 e. The molecule has 6 atom stereocenters. The van der Waals surface area contributed by atoms with E-state index in [1.165, 1.54) is 19.1 Å². The second kappa shape index (κ2) is 11.1. The summed E-state index contributed by atoms with van der Waals surface area (Å²) in [6, 6.07) is 6.39. The maximum absolute atomic E-state index is 15.4. The number of nitrogens with zero attached hydrogens (tertiary/aromatic N) is 1. The fourth-order valence-corrected chi connectivity index (χ4v) is 4.66. The van der Waals surface area contributed by atoms with Gasteiger partial charge in [-0.2, -0.15) is 0 Å². The summed E-state index contributed by atoms with van der Waals surface area (Å²) in [4.78, 5) is 37.6. The average molecular weight is 540 g/mol. The van der Waals surface area contributed by atoms with Gasteiger partial charge in [-0.1, -0.05) is 17.2 Å². The number of H-pyrrole nitrogens is 1. The first-order chi connectivity index (χ1) is 17.6. The van der Waals surface area contributed by atoms with Crippen molar-refractivity contribution in [1.82, 2.24) is 14.6 Å². The minimum Gasteiger partial charge on any atom is -0.487 e. The highest BCUT2D eigenvalue weighted by atomic mass is 31.1. The van der Waals surface area contributed by atoms with Crippen molar-refractivity contribution in [1.29, 1.82) is 0 Å². The molecule has 1 saturated heterocycles. The number of carbonyl (C=O) groups excluding carboxylic acids is 1. The summed E-state index contributed by atoms with van der Waals surface area (Å²) in [5.41, 5.74) is -3.94. The third kappa shape index (κ3) is 6.07. The highest BCUT2D eigenvalue weighted by Crippen LogP contribution is 2.41. The van der Waals surface area contributed by atoms with Crippen LogP contribution in [0.2, 0.25) is 0 Å². The number of aromatic amines is 1. The van der Waals surface area contributed by atoms with Gasteiger partial charge in [-0.05, 0) is 45.2 Å². The third-order valence-corrected chi connectivity index (χ3v) is 7.20. The van der Waals surface area contributed by atoms with Crippen molar-refractivity contribution in [3.63, 3.8) is 0 Å². The molecule has 2 unspecified atom stereocenters. The number of hydrogen-bond donors (Lipinski definition) is 3. The van der Waals surface area contributed by atoms with Crippen molar-refractivity contribution >= 4 is 14.1 Å². The van der Waals surface area contributed by atoms with Gasteiger partial charge in [0.1, 0.15) is 31.0 Å². The van der Waals surface area contributed by atoms with Gasteiger partial charge in [-0.3, -0.25) is 19.1 Å². The lowest BCUT2D eigenvalue weighted by Gasteiger charge is -2.25. The van der Waals surface area contributed by atoms with E-state index in [1.807, 2.05) is 4.98 Å². The molecular formula is C23H28FN3O9P+. The van der Waals surface area contributed by atoms with Gasteiger partial charge >= 0.3 is 19.8 Å². The van der Waals surface area contributed by atoms with E-state index < -0.39 is 55.5 Å². The van der Waals surface area contributed by atoms with Gasteiger partial charge in [0.05, 0.1) is 0 Å². The maximum atomic E-state index is 15.4. The van der Waals surface area contributed by atoms with Gasteiger partial charge in [0.15, 0.2) is 17.6 Å². The number of carbonyl (C=O) groups is 1. The van der Waals surface area contributed by atoms with Crippen molar-refractivity contribution in [2.45, 2.75) is 69.4 Å². The molecule has 1 aromatic carbocycles. The van der Waals surface area contributed by atoms with Crippen LogP contribution in [0.5, 0.6) is 11.5 Å². The summed E-state index contributed by atoms with van der Waals surface area (Å²) >= 11 is 0. The average Bonchev–Trinajstić information content (AvgIpc) is 3.04. The quantitative estimate of drug-likeness (QED) is 0.299. The Morgan fingerprint density at radius 1 is 1.32 bits per heavy atom. The Hall–Kier alpha value is -3.12. The van der Waals surface area contributed by atoms with Crippen LogP contribution in [-0.4, -0.2) is 57.3 Å². The highest BCUT2D eigenvalue weighted by Gasteiger charge is 2.55. The predicted octanol–water partition coefficient (Wildman–Crippen LogP) is 1.71. The van der Waals surface area contributed by atoms with Crippen LogP contribution in [0.1, 0.15) is 39.3 Å². The number of rotatable bonds is 10. The molecule has 2 aromatic rings. The lowest BCUT2D eigenvalue weighted by molar-refractivity contribution is -0.154. The van der Waals surface area contributed by atoms with Crippen molar-refractivity contribution in [3.8, 4) is 11.5 Å². The van der Waals surface area contributed by atoms with Gasteiger partial charge in [0.2, 0.25) is 5.75 Å². The maximum Gasteiger partial charge on any atom is 0.664 e. The summed E-state index contributed by atoms with van der Waals surface area (Å²) in [5, 5.41) is 13.1. The fraction of sp³-hybridized carbons (Fsp3) is 0.522. The van der Waals surface area contributed by atoms with Crippen LogP contribution in [-0.2, 0) is 18.8 Å². The number of ether oxygens (including phenoxy) is 3. The zero-order valence-corrected chi connectivity index (χ0v) is 21.1. The molecule has 2 aliphatic rings. The molecule has 1 aliphatic carbocycles. The van der Waals surface area contributed by atoms with Crippen LogP contribution in [0.15, 0.2) is 46.1 Å². The topological polar surface area (TPSA) is 158 Å². The Labute approximate surface area is 211 Å². The number of para-hydroxylation sites is 2. The van der Waals surface area contributed by atoms with E-state index in [0.29, 0.717) is 0 Å². The lowest BCUT2D eigenvalue weighted by atomic mass is 9.96. The second-order valence-electron chi connectivity index (χ2n) is 9.09. The van der Waals surface area contributed by atoms with Crippen LogP contribution in [0, 0.1) is 0 Å². The molecule has 1 aliphatic heterocycles. The Kier molecular flexibility index (Phi) is 8.08. The minimum absolute atomic E-state index is 0.0690. The largest absolute Gasteiger partial charge is 0.664 e. The van der Waals surface area contributed by atoms with Gasteiger partial charge in [-0.25, -0.2) is 13.7 Å². The molecule has 2 heterocycles. The van der Waals surface area contributed by atoms with Gasteiger partial charge in [-0.15, -0.1) is 0 Å². The Morgan fingerprint density at radius 2 is 2.03 bits per heavy atom. The highest BCUT2D eigenvalue weighted by molar-refractivity contribution is 7.37. The monoisotopic (exact) mass is 540 g/mol. The number of benzene rings is 1. The van der Waals surface area contributed by atoms with Crippen LogP contribution in [0.25, 0.3) is 0 Å². The zero-order valence-electron chi connectivity index (χ0n) is 20.2. The van der Waals surface area contributed by atoms with Crippen LogP contribution < -0.4 is 25.6 Å². The van der Waals surface area contributed by atoms with E-state index in [2.05, 4.69) is 5.09 Å². The molecule has 2 fully saturated rings. The number of nitrogens with one attached hydrogen (secondary N) is 2. The van der Waals surface area contributed by atoms with Crippen LogP contribution >= 0.6 is 8.18 Å². The van der Waals surface area contributed by atoms with Gasteiger partial charge < -0.3 is 19.3 Å². The number of alkyl halides is 1. The number of halogens is 1. The van der Waals surface area contributed by atoms with E-state index in [0.717, 1.165) is 43.0 Å². The number of aliphatic hydroxyl groups is 1. The SMILES string of the molecule is CC(N[P+](=O)Oc1ccccc1OC[C@H]1O[C@@H](n2ccc(=O)[nH]c2=O)[C@](C)(F)[C@@H]1O)C(=O)OC1CCC1. The minimum atomic E-state index is -2.53. The van der Waals surface area contributed by atoms with Crippen molar-refractivity contribution < 1.29 is 37.6 Å². The predicted molar refractivity (Wildman–Crippen MR) is 127 cm³/mol. The molecule has 0 amide bonds. The first kappa shape index (κ1) is 26.9. The summed E-state index contributed by atoms with van der Waals surface area (Å²) < 4.78 is 50.7. The first-order valence-electron chi connectivity index (χ1n) is 11.7. The second-order valence-corrected chi connectivity index (χ2v) is 10.0. The lowest BCUT2D eigenvalue weighted by Crippen LogP contribution is -2.43. The molecule has 12 nitrogen and oxygen atoms in total. The normalized spacial score (nSPS) is 26.7. The number of aromatic nitrogens is 2. The summed E-state index contributed by atoms with van der Waals surface area (Å²) in [6.07, 6.45) is -0.781. The molecule has 14 heteroatoms. The molecule has 0 spiro atoms. The summed E-state index contributed by atoms with van der Waals surface area (Å²) in [6.45, 7) is 2.24. The van der Waals surface area contributed by atoms with E-state index in [-0.39, 0.29) is 24.2 Å². The van der Waals surface area contributed by atoms with Crippen LogP contribution in [0.4, 0.5) is 4.39 Å². The Bertz CT molecular complexity index is 1260. The molecule has 0 bridgehead atoms. The molecule has 1 aromatic heterocycles. The standard InChI is InChI=1S/C23H27FN3O9P/c1-13(20(30)34-14-6-5-7-14)26-37(32)36-16-9-4-3-8-15(16)33-12-17-19(29)23(2,24)21(35-17)27-11-10-18(28)25-22(27)31/h3-4,8-11,13-14,17,19,21,29H,5-7,12H2,1-2H3,(H-,25,26,28,31,32)/p+1/t13?,17-,19-,21-,23-/m1/s1. The Balaban J connectivity index is 1.37. The van der Waals surface area contributed by atoms with Crippen molar-refractivity contribution in [3.05, 3.63) is 57.4 Å². The molecule has 0 radical (unpaired) electrons. The van der Waals surface area contributed by atoms with Gasteiger partial charge in [0.25, 0.3) is 5.56 Å². The Morgan fingerprint density at radius 3 is 2.68 bits per heavy atom. The summed E-state index contributed by atoms with van der Waals surface area (Å²) in [5.74, 6) is -0.336. The van der Waals surface area contributed by atoms with Crippen LogP contribution in [0.3, 0.4) is 0 Å². The number of aliphatic hydroxyl groups excluding tert-OH is 1. The van der Waals surface area contributed by atoms with E-state index in [4.69, 9.17) is 18.7 Å². The van der Waals surface area contributed by atoms with E-state index in [9.17, 15) is 24.1 Å². The van der Waals surface area contributed by atoms with E-state index in [1.54, 1.807) is 12.1 Å². The summed E-state index contributed by atoms with van der Waals surface area (Å²) in [7, 11) is -2.53. The molecule has 3 N–H and O–H groups in total. The third-order valence-electron chi connectivity index (χ3n) is 6.24. The zero-order chi connectivity index (χ0) is 26.7. The number of hydrogen-bond acceptors (Lipinski definition) is 9. The van der Waals surface area contributed by atoms with E-state index >= 15 is 4.39 Å². The molecule has 1 saturated carbocycles. The molecule has 37 heavy (non-hydrogen) atoms. The fourth-order valence-electron chi connectivity index (χ4n) is 3.86.